The zero-order valence-electron chi connectivity index (χ0n) is 18.3. The van der Waals surface area contributed by atoms with Gasteiger partial charge >= 0.3 is 0 Å². The summed E-state index contributed by atoms with van der Waals surface area (Å²) in [5.74, 6) is 1.33. The fraction of sp³-hybridized carbons (Fsp3) is 0.308. The van der Waals surface area contributed by atoms with Crippen molar-refractivity contribution in [3.63, 3.8) is 0 Å². The van der Waals surface area contributed by atoms with E-state index in [2.05, 4.69) is 49.5 Å². The van der Waals surface area contributed by atoms with Gasteiger partial charge in [-0.05, 0) is 61.2 Å². The molecule has 0 saturated carbocycles. The monoisotopic (exact) mass is 406 g/mol. The lowest BCUT2D eigenvalue weighted by molar-refractivity contribution is -0.686. The van der Waals surface area contributed by atoms with Crippen LogP contribution in [0, 0.1) is 20.8 Å². The fourth-order valence-electron chi connectivity index (χ4n) is 3.43. The summed E-state index contributed by atoms with van der Waals surface area (Å²) < 4.78 is 11.4. The topological polar surface area (TPSA) is 55.3 Å². The normalized spacial score (nSPS) is 11.9. The summed E-state index contributed by atoms with van der Waals surface area (Å²) in [6.07, 6.45) is -0.684. The molecule has 30 heavy (non-hydrogen) atoms. The second-order valence-corrected chi connectivity index (χ2v) is 7.78. The number of aliphatic hydroxyl groups is 1. The highest BCUT2D eigenvalue weighted by Crippen LogP contribution is 2.29. The summed E-state index contributed by atoms with van der Waals surface area (Å²) in [7, 11) is 1.64. The molecule has 0 saturated heterocycles. The maximum absolute atomic E-state index is 10.5. The summed E-state index contributed by atoms with van der Waals surface area (Å²) in [5, 5.41) is 12.8. The van der Waals surface area contributed by atoms with Crippen molar-refractivity contribution in [1.29, 1.82) is 0 Å². The van der Waals surface area contributed by atoms with E-state index in [1.807, 2.05) is 37.3 Å². The second kappa shape index (κ2) is 10.3. The fourth-order valence-corrected chi connectivity index (χ4v) is 3.43. The van der Waals surface area contributed by atoms with Gasteiger partial charge in [0.05, 0.1) is 7.11 Å². The Bertz CT molecular complexity index is 984. The first-order chi connectivity index (χ1) is 14.5. The molecule has 0 amide bonds. The minimum absolute atomic E-state index is 0.178. The number of quaternary nitrogens is 1. The molecule has 0 aliphatic carbocycles. The number of methoxy groups -OCH3 is 1. The first kappa shape index (κ1) is 21.9. The molecular formula is C26H32NO3+. The summed E-state index contributed by atoms with van der Waals surface area (Å²) in [4.78, 5) is 0. The Morgan fingerprint density at radius 1 is 0.833 bits per heavy atom. The lowest BCUT2D eigenvalue weighted by Crippen LogP contribution is -2.80. The lowest BCUT2D eigenvalue weighted by atomic mass is 10.0. The average Bonchev–Trinajstić information content (AvgIpc) is 2.75. The van der Waals surface area contributed by atoms with Crippen LogP contribution in [-0.4, -0.2) is 18.8 Å². The van der Waals surface area contributed by atoms with E-state index in [-0.39, 0.29) is 6.61 Å². The van der Waals surface area contributed by atoms with E-state index in [9.17, 15) is 5.11 Å². The van der Waals surface area contributed by atoms with Crippen LogP contribution >= 0.6 is 0 Å². The van der Waals surface area contributed by atoms with Gasteiger partial charge in [0.1, 0.15) is 25.8 Å². The molecule has 0 aliphatic heterocycles. The van der Waals surface area contributed by atoms with Crippen molar-refractivity contribution < 1.29 is 19.9 Å². The predicted molar refractivity (Wildman–Crippen MR) is 120 cm³/mol. The van der Waals surface area contributed by atoms with Gasteiger partial charge in [-0.25, -0.2) is 0 Å². The van der Waals surface area contributed by atoms with Crippen LogP contribution in [0.3, 0.4) is 0 Å². The Morgan fingerprint density at radius 2 is 1.63 bits per heavy atom. The maximum atomic E-state index is 10.5. The van der Waals surface area contributed by atoms with Crippen LogP contribution in [0.25, 0.3) is 0 Å². The van der Waals surface area contributed by atoms with Crippen LogP contribution in [-0.2, 0) is 13.1 Å². The Labute approximate surface area is 179 Å². The Balaban J connectivity index is 1.58. The van der Waals surface area contributed by atoms with Crippen LogP contribution in [0.4, 0.5) is 0 Å². The third-order valence-corrected chi connectivity index (χ3v) is 5.55. The number of benzene rings is 3. The van der Waals surface area contributed by atoms with Gasteiger partial charge in [0.15, 0.2) is 11.5 Å². The van der Waals surface area contributed by atoms with Crippen molar-refractivity contribution >= 4 is 0 Å². The van der Waals surface area contributed by atoms with Crippen molar-refractivity contribution in [1.82, 2.24) is 0 Å². The number of hydrogen-bond acceptors (Lipinski definition) is 3. The van der Waals surface area contributed by atoms with Gasteiger partial charge in [-0.3, -0.25) is 0 Å². The van der Waals surface area contributed by atoms with Gasteiger partial charge in [-0.15, -0.1) is 0 Å². The Kier molecular flexibility index (Phi) is 7.50. The molecule has 0 aliphatic rings. The van der Waals surface area contributed by atoms with Gasteiger partial charge in [-0.1, -0.05) is 42.5 Å². The standard InChI is InChI=1S/C26H31NO3/c1-18-9-11-22(13-20(18)3)24(28)17-30-25-12-10-21(14-26(25)29-4)15-27-16-23-8-6-5-7-19(23)2/h5-14,24,27-28H,15-17H2,1-4H3/p+1/t24-/m1/s1. The number of ether oxygens (including phenoxy) is 2. The molecule has 0 heterocycles. The highest BCUT2D eigenvalue weighted by Gasteiger charge is 2.13. The third kappa shape index (κ3) is 5.62. The van der Waals surface area contributed by atoms with Crippen LogP contribution in [0.5, 0.6) is 11.5 Å². The first-order valence-electron chi connectivity index (χ1n) is 10.4. The number of aryl methyl sites for hydroxylation is 3. The molecule has 0 aromatic heterocycles. The SMILES string of the molecule is COc1cc(C[NH2+]Cc2ccccc2C)ccc1OC[C@@H](O)c1ccc(C)c(C)c1. The number of rotatable bonds is 9. The van der Waals surface area contributed by atoms with Gasteiger partial charge in [0.25, 0.3) is 0 Å². The van der Waals surface area contributed by atoms with E-state index in [0.29, 0.717) is 11.5 Å². The number of aliphatic hydroxyl groups excluding tert-OH is 1. The molecule has 3 N–H and O–H groups in total. The molecule has 0 fully saturated rings. The Morgan fingerprint density at radius 3 is 2.37 bits per heavy atom. The van der Waals surface area contributed by atoms with Crippen molar-refractivity contribution in [2.75, 3.05) is 13.7 Å². The van der Waals surface area contributed by atoms with E-state index in [1.54, 1.807) is 7.11 Å². The molecule has 1 atom stereocenters. The largest absolute Gasteiger partial charge is 0.493 e. The van der Waals surface area contributed by atoms with E-state index in [4.69, 9.17) is 9.47 Å². The molecule has 3 aromatic carbocycles. The van der Waals surface area contributed by atoms with E-state index >= 15 is 0 Å². The van der Waals surface area contributed by atoms with Gasteiger partial charge in [0.2, 0.25) is 0 Å². The summed E-state index contributed by atoms with van der Waals surface area (Å²) in [6.45, 7) is 8.23. The molecule has 4 nitrogen and oxygen atoms in total. The van der Waals surface area contributed by atoms with Crippen molar-refractivity contribution in [2.24, 2.45) is 0 Å². The molecular weight excluding hydrogens is 374 g/mol. The highest BCUT2D eigenvalue weighted by atomic mass is 16.5. The van der Waals surface area contributed by atoms with Gasteiger partial charge in [-0.2, -0.15) is 0 Å². The van der Waals surface area contributed by atoms with Gasteiger partial charge in [0, 0.05) is 11.1 Å². The summed E-state index contributed by atoms with van der Waals surface area (Å²) >= 11 is 0. The van der Waals surface area contributed by atoms with Crippen molar-refractivity contribution in [3.05, 3.63) is 94.0 Å². The molecule has 0 radical (unpaired) electrons. The van der Waals surface area contributed by atoms with E-state index in [1.165, 1.54) is 22.3 Å². The van der Waals surface area contributed by atoms with E-state index < -0.39 is 6.10 Å². The second-order valence-electron chi connectivity index (χ2n) is 7.78. The third-order valence-electron chi connectivity index (χ3n) is 5.55. The molecule has 0 unspecified atom stereocenters. The van der Waals surface area contributed by atoms with Crippen molar-refractivity contribution in [2.45, 2.75) is 40.0 Å². The minimum Gasteiger partial charge on any atom is -0.493 e. The molecule has 4 heteroatoms. The molecule has 158 valence electrons. The van der Waals surface area contributed by atoms with E-state index in [0.717, 1.165) is 24.2 Å². The zero-order chi connectivity index (χ0) is 21.5. The minimum atomic E-state index is -0.684. The average molecular weight is 407 g/mol. The number of nitrogens with two attached hydrogens (primary N) is 1. The molecule has 0 spiro atoms. The molecule has 3 aromatic rings. The molecule has 3 rings (SSSR count). The van der Waals surface area contributed by atoms with Crippen LogP contribution in [0.1, 0.15) is 39.5 Å². The van der Waals surface area contributed by atoms with Crippen LogP contribution in [0.2, 0.25) is 0 Å². The lowest BCUT2D eigenvalue weighted by Gasteiger charge is -2.16. The Hall–Kier alpha value is -2.82. The first-order valence-corrected chi connectivity index (χ1v) is 10.4. The molecule has 0 bridgehead atoms. The summed E-state index contributed by atoms with van der Waals surface area (Å²) in [6, 6.07) is 20.4. The quantitative estimate of drug-likeness (QED) is 0.565. The maximum Gasteiger partial charge on any atom is 0.161 e. The number of hydrogen-bond donors (Lipinski definition) is 2. The zero-order valence-corrected chi connectivity index (χ0v) is 18.3. The van der Waals surface area contributed by atoms with Gasteiger partial charge < -0.3 is 19.9 Å². The van der Waals surface area contributed by atoms with Crippen LogP contribution < -0.4 is 14.8 Å². The smallest absolute Gasteiger partial charge is 0.161 e. The van der Waals surface area contributed by atoms with Crippen molar-refractivity contribution in [3.8, 4) is 11.5 Å². The summed E-state index contributed by atoms with van der Waals surface area (Å²) in [5.41, 5.74) is 7.07. The highest BCUT2D eigenvalue weighted by molar-refractivity contribution is 5.43. The predicted octanol–water partition coefficient (Wildman–Crippen LogP) is 4.00. The van der Waals surface area contributed by atoms with Crippen LogP contribution in [0.15, 0.2) is 60.7 Å².